The van der Waals surface area contributed by atoms with Crippen LogP contribution in [0.1, 0.15) is 31.1 Å². The van der Waals surface area contributed by atoms with Crippen LogP contribution >= 0.6 is 11.8 Å². The van der Waals surface area contributed by atoms with E-state index < -0.39 is 11.9 Å². The van der Waals surface area contributed by atoms with E-state index in [1.165, 1.54) is 23.9 Å². The molecule has 1 aliphatic heterocycles. The number of amides is 3. The van der Waals surface area contributed by atoms with Gasteiger partial charge < -0.3 is 10.1 Å². The summed E-state index contributed by atoms with van der Waals surface area (Å²) in [6.07, 6.45) is 0. The number of imide groups is 1. The van der Waals surface area contributed by atoms with Crippen molar-refractivity contribution in [3.8, 4) is 0 Å². The first-order valence-electron chi connectivity index (χ1n) is 7.91. The Morgan fingerprint density at radius 3 is 2.20 bits per heavy atom. The van der Waals surface area contributed by atoms with Crippen molar-refractivity contribution < 1.29 is 23.9 Å². The summed E-state index contributed by atoms with van der Waals surface area (Å²) < 4.78 is 4.88. The number of anilines is 1. The minimum absolute atomic E-state index is 0.282. The van der Waals surface area contributed by atoms with E-state index in [2.05, 4.69) is 5.32 Å². The van der Waals surface area contributed by atoms with E-state index in [0.717, 1.165) is 4.90 Å². The highest BCUT2D eigenvalue weighted by Crippen LogP contribution is 2.26. The first kappa shape index (κ1) is 19.0. The summed E-state index contributed by atoms with van der Waals surface area (Å²) in [6, 6.07) is 6.19. The molecule has 1 aromatic rings. The Morgan fingerprint density at radius 2 is 1.68 bits per heavy atom. The maximum atomic E-state index is 12.2. The van der Waals surface area contributed by atoms with Gasteiger partial charge in [0.2, 0.25) is 17.7 Å². The lowest BCUT2D eigenvalue weighted by atomic mass is 10.2. The Balaban J connectivity index is 1.99. The number of esters is 1. The lowest BCUT2D eigenvalue weighted by molar-refractivity contribution is -0.147. The van der Waals surface area contributed by atoms with Crippen molar-refractivity contribution in [2.24, 2.45) is 0 Å². The number of nitrogens with one attached hydrogen (secondary N) is 1. The molecule has 0 spiro atoms. The highest BCUT2D eigenvalue weighted by molar-refractivity contribution is 8.02. The molecule has 0 radical (unpaired) electrons. The van der Waals surface area contributed by atoms with Crippen LogP contribution in [0.25, 0.3) is 0 Å². The second-order valence-electron chi connectivity index (χ2n) is 5.53. The highest BCUT2D eigenvalue weighted by Gasteiger charge is 2.37. The number of carbonyl (C=O) groups is 4. The highest BCUT2D eigenvalue weighted by atomic mass is 32.2. The largest absolute Gasteiger partial charge is 0.462 e. The van der Waals surface area contributed by atoms with E-state index in [1.807, 2.05) is 0 Å². The third kappa shape index (κ3) is 4.60. The molecule has 2 rings (SSSR count). The number of benzene rings is 1. The molecular formula is C17H20N2O5S. The summed E-state index contributed by atoms with van der Waals surface area (Å²) in [5.41, 5.74) is 0.839. The first-order chi connectivity index (χ1) is 11.8. The molecule has 8 heteroatoms. The van der Waals surface area contributed by atoms with E-state index in [4.69, 9.17) is 4.74 Å². The zero-order valence-electron chi connectivity index (χ0n) is 14.3. The number of rotatable bonds is 5. The first-order valence-corrected chi connectivity index (χ1v) is 8.85. The van der Waals surface area contributed by atoms with Crippen LogP contribution in [0.2, 0.25) is 0 Å². The van der Waals surface area contributed by atoms with Crippen LogP contribution in [0.4, 0.5) is 5.69 Å². The summed E-state index contributed by atoms with van der Waals surface area (Å²) >= 11 is 1.28. The topological polar surface area (TPSA) is 92.8 Å². The summed E-state index contributed by atoms with van der Waals surface area (Å²) in [7, 11) is 0. The van der Waals surface area contributed by atoms with Gasteiger partial charge >= 0.3 is 5.97 Å². The molecule has 134 valence electrons. The molecule has 25 heavy (non-hydrogen) atoms. The SMILES string of the molecule is CCOC(=O)c1ccc(NC(=O)CN2C(=O)[C@H](C)S[C@H](C)C2=O)cc1. The fourth-order valence-corrected chi connectivity index (χ4v) is 3.47. The van der Waals surface area contributed by atoms with Gasteiger partial charge in [0.15, 0.2) is 0 Å². The zero-order valence-corrected chi connectivity index (χ0v) is 15.1. The summed E-state index contributed by atoms with van der Waals surface area (Å²) in [4.78, 5) is 48.9. The van der Waals surface area contributed by atoms with Gasteiger partial charge in [-0.1, -0.05) is 0 Å². The standard InChI is InChI=1S/C17H20N2O5S/c1-4-24-17(23)12-5-7-13(8-6-12)18-14(20)9-19-15(21)10(2)25-11(3)16(19)22/h5-8,10-11H,4,9H2,1-3H3,(H,18,20)/t10-,11+. The van der Waals surface area contributed by atoms with E-state index in [-0.39, 0.29) is 35.5 Å². The van der Waals surface area contributed by atoms with Crippen LogP contribution in [0, 0.1) is 0 Å². The average molecular weight is 364 g/mol. The summed E-state index contributed by atoms with van der Waals surface area (Å²) in [5, 5.41) is 1.90. The molecule has 1 N–H and O–H groups in total. The molecule has 2 atom stereocenters. The summed E-state index contributed by atoms with van der Waals surface area (Å²) in [5.74, 6) is -1.64. The average Bonchev–Trinajstić information content (AvgIpc) is 2.58. The Hall–Kier alpha value is -2.35. The van der Waals surface area contributed by atoms with Crippen LogP contribution in [-0.2, 0) is 19.1 Å². The molecule has 1 aromatic carbocycles. The number of nitrogens with zero attached hydrogens (tertiary/aromatic N) is 1. The van der Waals surface area contributed by atoms with Crippen molar-refractivity contribution in [2.75, 3.05) is 18.5 Å². The van der Waals surface area contributed by atoms with Crippen molar-refractivity contribution >= 4 is 41.1 Å². The minimum Gasteiger partial charge on any atom is -0.462 e. The molecule has 0 bridgehead atoms. The molecule has 1 heterocycles. The van der Waals surface area contributed by atoms with Crippen molar-refractivity contribution in [3.63, 3.8) is 0 Å². The van der Waals surface area contributed by atoms with Crippen LogP contribution in [0.5, 0.6) is 0 Å². The van der Waals surface area contributed by atoms with Gasteiger partial charge in [0.25, 0.3) is 0 Å². The van der Waals surface area contributed by atoms with Gasteiger partial charge in [-0.2, -0.15) is 0 Å². The molecule has 7 nitrogen and oxygen atoms in total. The lowest BCUT2D eigenvalue weighted by Gasteiger charge is -2.31. The monoisotopic (exact) mass is 364 g/mol. The fraction of sp³-hybridized carbons (Fsp3) is 0.412. The van der Waals surface area contributed by atoms with Gasteiger partial charge in [-0.3, -0.25) is 19.3 Å². The van der Waals surface area contributed by atoms with Crippen molar-refractivity contribution in [2.45, 2.75) is 31.3 Å². The molecule has 3 amide bonds. The van der Waals surface area contributed by atoms with Crippen LogP contribution in [0.3, 0.4) is 0 Å². The van der Waals surface area contributed by atoms with Crippen LogP contribution in [-0.4, -0.2) is 52.2 Å². The Morgan fingerprint density at radius 1 is 1.12 bits per heavy atom. The number of thioether (sulfide) groups is 1. The summed E-state index contributed by atoms with van der Waals surface area (Å²) in [6.45, 7) is 5.11. The normalized spacial score (nSPS) is 20.4. The number of carbonyl (C=O) groups excluding carboxylic acids is 4. The third-order valence-electron chi connectivity index (χ3n) is 3.62. The predicted molar refractivity (Wildman–Crippen MR) is 94.3 cm³/mol. The molecule has 1 saturated heterocycles. The molecule has 0 unspecified atom stereocenters. The van der Waals surface area contributed by atoms with Gasteiger partial charge in [-0.05, 0) is 45.0 Å². The Labute approximate surface area is 150 Å². The van der Waals surface area contributed by atoms with Crippen LogP contribution < -0.4 is 5.32 Å². The van der Waals surface area contributed by atoms with Crippen molar-refractivity contribution in [1.82, 2.24) is 4.90 Å². The van der Waals surface area contributed by atoms with Crippen molar-refractivity contribution in [1.29, 1.82) is 0 Å². The van der Waals surface area contributed by atoms with E-state index in [9.17, 15) is 19.2 Å². The lowest BCUT2D eigenvalue weighted by Crippen LogP contribution is -2.52. The van der Waals surface area contributed by atoms with Gasteiger partial charge in [0, 0.05) is 5.69 Å². The van der Waals surface area contributed by atoms with E-state index in [0.29, 0.717) is 11.3 Å². The Bertz CT molecular complexity index is 669. The fourth-order valence-electron chi connectivity index (χ4n) is 2.37. The van der Waals surface area contributed by atoms with Gasteiger partial charge in [-0.15, -0.1) is 11.8 Å². The van der Waals surface area contributed by atoms with Crippen LogP contribution in [0.15, 0.2) is 24.3 Å². The maximum Gasteiger partial charge on any atom is 0.338 e. The van der Waals surface area contributed by atoms with Gasteiger partial charge in [0.1, 0.15) is 6.54 Å². The van der Waals surface area contributed by atoms with Gasteiger partial charge in [0.05, 0.1) is 22.7 Å². The molecule has 0 saturated carbocycles. The predicted octanol–water partition coefficient (Wildman–Crippen LogP) is 1.68. The number of ether oxygens (including phenoxy) is 1. The maximum absolute atomic E-state index is 12.2. The molecule has 0 aromatic heterocycles. The molecular weight excluding hydrogens is 344 g/mol. The smallest absolute Gasteiger partial charge is 0.338 e. The van der Waals surface area contributed by atoms with Crippen molar-refractivity contribution in [3.05, 3.63) is 29.8 Å². The minimum atomic E-state index is -0.475. The number of hydrogen-bond acceptors (Lipinski definition) is 6. The number of hydrogen-bond donors (Lipinski definition) is 1. The second kappa shape index (κ2) is 8.15. The molecule has 1 aliphatic rings. The van der Waals surface area contributed by atoms with E-state index in [1.54, 1.807) is 32.9 Å². The van der Waals surface area contributed by atoms with E-state index >= 15 is 0 Å². The quantitative estimate of drug-likeness (QED) is 0.631. The molecule has 0 aliphatic carbocycles. The third-order valence-corrected chi connectivity index (χ3v) is 4.84. The second-order valence-corrected chi connectivity index (χ2v) is 7.22. The molecule has 1 fully saturated rings. The zero-order chi connectivity index (χ0) is 18.6. The van der Waals surface area contributed by atoms with Gasteiger partial charge in [-0.25, -0.2) is 4.79 Å². The Kier molecular flexibility index (Phi) is 6.19.